The lowest BCUT2D eigenvalue weighted by molar-refractivity contribution is -0.242. The first kappa shape index (κ1) is 28.5. The molecule has 1 atom stereocenters. The number of hydrogen-bond acceptors (Lipinski definition) is 7. The van der Waals surface area contributed by atoms with Crippen LogP contribution in [0.25, 0.3) is 0 Å². The average molecular weight is 574 g/mol. The molecule has 0 spiro atoms. The number of sulfonamides is 1. The van der Waals surface area contributed by atoms with Crippen LogP contribution in [0.3, 0.4) is 0 Å². The molecule has 4 rings (SSSR count). The van der Waals surface area contributed by atoms with Gasteiger partial charge in [0.15, 0.2) is 0 Å². The molecule has 15 heteroatoms. The van der Waals surface area contributed by atoms with Crippen molar-refractivity contribution in [3.63, 3.8) is 0 Å². The van der Waals surface area contributed by atoms with Crippen LogP contribution in [0.15, 0.2) is 29.3 Å². The highest BCUT2D eigenvalue weighted by molar-refractivity contribution is 7.92. The minimum Gasteiger partial charge on any atom is -0.484 e. The van der Waals surface area contributed by atoms with Crippen molar-refractivity contribution in [3.8, 4) is 5.75 Å². The monoisotopic (exact) mass is 573 g/mol. The maximum atomic E-state index is 14.0. The maximum absolute atomic E-state index is 14.0. The van der Waals surface area contributed by atoms with E-state index in [4.69, 9.17) is 4.74 Å². The highest BCUT2D eigenvalue weighted by atomic mass is 32.2. The van der Waals surface area contributed by atoms with Crippen molar-refractivity contribution in [3.05, 3.63) is 30.1 Å². The number of anilines is 2. The summed E-state index contributed by atoms with van der Waals surface area (Å²) in [6.07, 6.45) is -3.80. The molecule has 214 valence electrons. The highest BCUT2D eigenvalue weighted by Crippen LogP contribution is 2.45. The third kappa shape index (κ3) is 6.07. The fraction of sp³-hybridized carbons (Fsp3) is 0.542. The predicted molar refractivity (Wildman–Crippen MR) is 134 cm³/mol. The Kier molecular flexibility index (Phi) is 7.49. The van der Waals surface area contributed by atoms with Gasteiger partial charge in [0, 0.05) is 31.3 Å². The molecular weight excluding hydrogens is 543 g/mol. The summed E-state index contributed by atoms with van der Waals surface area (Å²) in [6, 6.07) is 4.01. The van der Waals surface area contributed by atoms with Crippen molar-refractivity contribution in [1.29, 1.82) is 0 Å². The largest absolute Gasteiger partial charge is 0.484 e. The smallest absolute Gasteiger partial charge is 0.427 e. The zero-order valence-electron chi connectivity index (χ0n) is 21.8. The zero-order valence-corrected chi connectivity index (χ0v) is 22.6. The molecule has 0 saturated heterocycles. The van der Waals surface area contributed by atoms with Gasteiger partial charge in [-0.2, -0.15) is 18.3 Å². The summed E-state index contributed by atoms with van der Waals surface area (Å²) in [5, 5.41) is 9.29. The normalized spacial score (nSPS) is 17.7. The second-order valence-electron chi connectivity index (χ2n) is 9.93. The van der Waals surface area contributed by atoms with Crippen molar-refractivity contribution in [2.45, 2.75) is 75.8 Å². The molecule has 1 aliphatic carbocycles. The Morgan fingerprint density at radius 3 is 2.51 bits per heavy atom. The molecule has 2 aliphatic rings. The lowest BCUT2D eigenvalue weighted by Gasteiger charge is -2.35. The van der Waals surface area contributed by atoms with E-state index in [1.54, 1.807) is 4.68 Å². The van der Waals surface area contributed by atoms with E-state index in [0.717, 1.165) is 17.1 Å². The molecule has 1 aromatic heterocycles. The Labute approximate surface area is 223 Å². The minimum atomic E-state index is -4.80. The van der Waals surface area contributed by atoms with Crippen LogP contribution in [-0.2, 0) is 26.1 Å². The second kappa shape index (κ2) is 10.2. The molecular formula is C24H30F3N5O6S. The van der Waals surface area contributed by atoms with Gasteiger partial charge in [0.25, 0.3) is 10.0 Å². The van der Waals surface area contributed by atoms with Crippen LogP contribution in [0.4, 0.5) is 29.3 Å². The number of amides is 2. The molecule has 0 unspecified atom stereocenters. The Hall–Kier alpha value is -3.49. The number of benzene rings is 1. The van der Waals surface area contributed by atoms with Crippen LogP contribution in [-0.4, -0.2) is 61.2 Å². The number of aryl methyl sites for hydroxylation is 1. The number of alkyl halides is 3. The summed E-state index contributed by atoms with van der Waals surface area (Å²) < 4.78 is 80.6. The first-order chi connectivity index (χ1) is 18.1. The van der Waals surface area contributed by atoms with Gasteiger partial charge < -0.3 is 14.8 Å². The summed E-state index contributed by atoms with van der Waals surface area (Å²) in [6.45, 7) is 4.91. The van der Waals surface area contributed by atoms with Crippen LogP contribution in [0.5, 0.6) is 5.75 Å². The molecule has 2 heterocycles. The summed E-state index contributed by atoms with van der Waals surface area (Å²) in [5.41, 5.74) is -2.23. The molecule has 1 saturated carbocycles. The van der Waals surface area contributed by atoms with E-state index in [2.05, 4.69) is 20.5 Å². The van der Waals surface area contributed by atoms with E-state index < -0.39 is 34.0 Å². The molecule has 0 bridgehead atoms. The number of halogens is 3. The number of carbonyl (C=O) groups is 2. The minimum absolute atomic E-state index is 0.00694. The maximum Gasteiger partial charge on any atom is 0.427 e. The van der Waals surface area contributed by atoms with Gasteiger partial charge in [0.2, 0.25) is 11.5 Å². The summed E-state index contributed by atoms with van der Waals surface area (Å²) in [7, 11) is -4.20. The number of carbonyl (C=O) groups excluding carboxylic acids is 2. The second-order valence-corrected chi connectivity index (χ2v) is 11.8. The lowest BCUT2D eigenvalue weighted by atomic mass is 10.1. The number of ether oxygens (including phenoxy) is 2. The van der Waals surface area contributed by atoms with Crippen molar-refractivity contribution < 1.29 is 40.7 Å². The number of rotatable bonds is 8. The molecule has 2 aromatic rings. The van der Waals surface area contributed by atoms with E-state index in [0.29, 0.717) is 26.1 Å². The van der Waals surface area contributed by atoms with E-state index >= 15 is 0 Å². The van der Waals surface area contributed by atoms with Crippen LogP contribution < -0.4 is 19.7 Å². The molecule has 2 N–H and O–H groups in total. The van der Waals surface area contributed by atoms with Gasteiger partial charge in [-0.1, -0.05) is 0 Å². The van der Waals surface area contributed by atoms with Crippen molar-refractivity contribution >= 4 is 33.4 Å². The van der Waals surface area contributed by atoms with Crippen molar-refractivity contribution in [2.75, 3.05) is 22.7 Å². The van der Waals surface area contributed by atoms with E-state index in [1.807, 2.05) is 6.92 Å². The number of hydrogen-bond donors (Lipinski definition) is 2. The van der Waals surface area contributed by atoms with E-state index in [-0.39, 0.29) is 46.9 Å². The van der Waals surface area contributed by atoms with E-state index in [9.17, 15) is 31.2 Å². The molecule has 39 heavy (non-hydrogen) atoms. The number of nitrogens with zero attached hydrogens (tertiary/aromatic N) is 3. The number of aromatic nitrogens is 2. The Bertz CT molecular complexity index is 1370. The van der Waals surface area contributed by atoms with Gasteiger partial charge >= 0.3 is 12.3 Å². The first-order valence-electron chi connectivity index (χ1n) is 12.3. The SMILES string of the molecule is CCn1cc(S(=O)(=O)N2C[C@H](CNC(C)=O)Oc3ccc(NC(=O)OC(C)(C)C(F)(F)F)cc32)c(C2CC2)n1. The fourth-order valence-electron chi connectivity index (χ4n) is 3.95. The molecule has 0 radical (unpaired) electrons. The van der Waals surface area contributed by atoms with Gasteiger partial charge in [0.05, 0.1) is 24.5 Å². The summed E-state index contributed by atoms with van der Waals surface area (Å²) in [5.74, 6) is -0.150. The van der Waals surface area contributed by atoms with E-state index in [1.165, 1.54) is 31.3 Å². The van der Waals surface area contributed by atoms with Crippen LogP contribution in [0, 0.1) is 0 Å². The molecule has 1 fully saturated rings. The molecule has 1 aliphatic heterocycles. The number of nitrogens with one attached hydrogen (secondary N) is 2. The third-order valence-corrected chi connectivity index (χ3v) is 8.15. The topological polar surface area (TPSA) is 132 Å². The quantitative estimate of drug-likeness (QED) is 0.492. The third-order valence-electron chi connectivity index (χ3n) is 6.36. The van der Waals surface area contributed by atoms with Gasteiger partial charge in [-0.15, -0.1) is 0 Å². The summed E-state index contributed by atoms with van der Waals surface area (Å²) in [4.78, 5) is 23.8. The zero-order chi connectivity index (χ0) is 28.8. The van der Waals surface area contributed by atoms with Crippen molar-refractivity contribution in [2.24, 2.45) is 0 Å². The van der Waals surface area contributed by atoms with Gasteiger partial charge in [-0.3, -0.25) is 19.1 Å². The van der Waals surface area contributed by atoms with Gasteiger partial charge in [-0.25, -0.2) is 13.2 Å². The lowest BCUT2D eigenvalue weighted by Crippen LogP contribution is -2.48. The fourth-order valence-corrected chi connectivity index (χ4v) is 5.68. The molecule has 11 nitrogen and oxygen atoms in total. The number of fused-ring (bicyclic) bond motifs is 1. The van der Waals surface area contributed by atoms with Crippen LogP contribution >= 0.6 is 0 Å². The van der Waals surface area contributed by atoms with Crippen LogP contribution in [0.1, 0.15) is 52.1 Å². The Balaban J connectivity index is 1.69. The van der Waals surface area contributed by atoms with Gasteiger partial charge in [0.1, 0.15) is 16.7 Å². The van der Waals surface area contributed by atoms with Crippen molar-refractivity contribution in [1.82, 2.24) is 15.1 Å². The standard InChI is InChI=1S/C24H30F3N5O6S/c1-5-31-13-20(21(30-31)15-6-7-15)39(35,36)32-12-17(11-28-14(2)33)37-19-9-8-16(10-18(19)32)29-22(34)38-23(3,4)24(25,26)27/h8-10,13,15,17H,5-7,11-12H2,1-4H3,(H,28,33)(H,29,34)/t17-/m0/s1. The predicted octanol–water partition coefficient (Wildman–Crippen LogP) is 3.76. The van der Waals surface area contributed by atoms with Gasteiger partial charge in [-0.05, 0) is 51.8 Å². The highest BCUT2D eigenvalue weighted by Gasteiger charge is 2.51. The average Bonchev–Trinajstić information content (AvgIpc) is 3.58. The summed E-state index contributed by atoms with van der Waals surface area (Å²) >= 11 is 0. The Morgan fingerprint density at radius 1 is 1.23 bits per heavy atom. The first-order valence-corrected chi connectivity index (χ1v) is 13.8. The Morgan fingerprint density at radius 2 is 1.92 bits per heavy atom. The molecule has 2 amide bonds. The molecule has 1 aromatic carbocycles. The van der Waals surface area contributed by atoms with Crippen LogP contribution in [0.2, 0.25) is 0 Å².